The Morgan fingerprint density at radius 1 is 1.24 bits per heavy atom. The van der Waals surface area contributed by atoms with Crippen LogP contribution in [-0.2, 0) is 11.3 Å². The molecule has 2 saturated heterocycles. The summed E-state index contributed by atoms with van der Waals surface area (Å²) in [6.45, 7) is 0.506. The number of halogens is 2. The van der Waals surface area contributed by atoms with Crippen molar-refractivity contribution in [2.24, 2.45) is 0 Å². The maximum absolute atomic E-state index is 14.1. The van der Waals surface area contributed by atoms with Crippen LogP contribution < -0.4 is 16.1 Å². The summed E-state index contributed by atoms with van der Waals surface area (Å²) in [6.07, 6.45) is 3.32. The Balaban J connectivity index is 1.89. The molecule has 0 spiro atoms. The molecule has 0 aliphatic carbocycles. The highest BCUT2D eigenvalue weighted by atomic mass is 35.5. The Morgan fingerprint density at radius 2 is 2.06 bits per heavy atom. The summed E-state index contributed by atoms with van der Waals surface area (Å²) >= 11 is 6.05. The Kier molecular flexibility index (Phi) is 5.40. The number of hydrogen-bond donors (Lipinski definition) is 0. The minimum Gasteiger partial charge on any atom is -0.374 e. The van der Waals surface area contributed by atoms with Crippen molar-refractivity contribution < 1.29 is 9.13 Å². The molecule has 2 bridgehead atoms. The number of nitriles is 2. The van der Waals surface area contributed by atoms with Gasteiger partial charge in [-0.2, -0.15) is 10.5 Å². The first-order chi connectivity index (χ1) is 16.4. The molecule has 34 heavy (non-hydrogen) atoms. The first-order valence-electron chi connectivity index (χ1n) is 10.4. The Labute approximate surface area is 197 Å². The zero-order valence-electron chi connectivity index (χ0n) is 17.6. The molecular weight excluding hydrogens is 463 g/mol. The van der Waals surface area contributed by atoms with Gasteiger partial charge in [0.15, 0.2) is 0 Å². The van der Waals surface area contributed by atoms with Crippen molar-refractivity contribution in [1.29, 1.82) is 10.5 Å². The van der Waals surface area contributed by atoms with Gasteiger partial charge >= 0.3 is 5.69 Å². The van der Waals surface area contributed by atoms with E-state index in [1.807, 2.05) is 11.0 Å². The minimum absolute atomic E-state index is 0.0639. The van der Waals surface area contributed by atoms with E-state index in [-0.39, 0.29) is 51.9 Å². The number of ether oxygens (including phenoxy) is 1. The fourth-order valence-electron chi connectivity index (χ4n) is 4.58. The molecule has 0 unspecified atom stereocenters. The lowest BCUT2D eigenvalue weighted by Gasteiger charge is -2.32. The maximum atomic E-state index is 14.1. The van der Waals surface area contributed by atoms with Gasteiger partial charge in [-0.1, -0.05) is 17.7 Å². The molecule has 2 aromatic heterocycles. The van der Waals surface area contributed by atoms with E-state index in [2.05, 4.69) is 4.98 Å². The molecule has 2 atom stereocenters. The molecule has 2 fully saturated rings. The van der Waals surface area contributed by atoms with Gasteiger partial charge in [0.2, 0.25) is 0 Å². The van der Waals surface area contributed by atoms with Gasteiger partial charge in [-0.3, -0.25) is 14.3 Å². The number of pyridine rings is 1. The lowest BCUT2D eigenvalue weighted by Crippen LogP contribution is -2.46. The minimum atomic E-state index is -0.735. The highest BCUT2D eigenvalue weighted by Crippen LogP contribution is 2.37. The zero-order chi connectivity index (χ0) is 24.0. The van der Waals surface area contributed by atoms with Crippen molar-refractivity contribution in [2.75, 3.05) is 18.1 Å². The zero-order valence-corrected chi connectivity index (χ0v) is 18.4. The number of morpholine rings is 1. The Bertz CT molecular complexity index is 1520. The smallest absolute Gasteiger partial charge is 0.338 e. The summed E-state index contributed by atoms with van der Waals surface area (Å²) in [5.74, 6) is -0.486. The van der Waals surface area contributed by atoms with Crippen LogP contribution in [0.5, 0.6) is 0 Å². The van der Waals surface area contributed by atoms with Crippen LogP contribution in [0.3, 0.4) is 0 Å². The third kappa shape index (κ3) is 3.45. The molecule has 2 aliphatic heterocycles. The van der Waals surface area contributed by atoms with Crippen molar-refractivity contribution in [2.45, 2.75) is 25.1 Å². The summed E-state index contributed by atoms with van der Waals surface area (Å²) in [5.41, 5.74) is -1.24. The van der Waals surface area contributed by atoms with E-state index in [9.17, 15) is 24.5 Å². The van der Waals surface area contributed by atoms with Gasteiger partial charge in [-0.25, -0.2) is 13.8 Å². The topological polar surface area (TPSA) is 117 Å². The highest BCUT2D eigenvalue weighted by molar-refractivity contribution is 6.30. The lowest BCUT2D eigenvalue weighted by molar-refractivity contribution is 0.0986. The van der Waals surface area contributed by atoms with E-state index in [0.717, 1.165) is 10.6 Å². The molecule has 4 heterocycles. The van der Waals surface area contributed by atoms with Crippen LogP contribution in [0.2, 0.25) is 5.02 Å². The number of hydrogen-bond acceptors (Lipinski definition) is 7. The molecule has 9 nitrogen and oxygen atoms in total. The normalized spacial score (nSPS) is 18.6. The summed E-state index contributed by atoms with van der Waals surface area (Å²) in [5, 5.41) is 19.1. The molecule has 3 aromatic rings. The van der Waals surface area contributed by atoms with Gasteiger partial charge in [0.05, 0.1) is 52.9 Å². The molecule has 5 rings (SSSR count). The second-order valence-corrected chi connectivity index (χ2v) is 8.47. The van der Waals surface area contributed by atoms with Crippen LogP contribution in [0.25, 0.3) is 16.8 Å². The number of nitrogens with zero attached hydrogens (tertiary/aromatic N) is 6. The summed E-state index contributed by atoms with van der Waals surface area (Å²) in [7, 11) is 0. The average Bonchev–Trinajstić information content (AvgIpc) is 3.45. The number of rotatable bonds is 4. The fourth-order valence-corrected chi connectivity index (χ4v) is 4.75. The number of aromatic nitrogens is 3. The van der Waals surface area contributed by atoms with Crippen LogP contribution in [-0.4, -0.2) is 39.4 Å². The van der Waals surface area contributed by atoms with Crippen molar-refractivity contribution in [3.8, 4) is 29.0 Å². The van der Waals surface area contributed by atoms with Crippen molar-refractivity contribution in [1.82, 2.24) is 14.1 Å². The molecule has 2 aliphatic rings. The van der Waals surface area contributed by atoms with Crippen molar-refractivity contribution in [3.05, 3.63) is 73.9 Å². The molecule has 170 valence electrons. The third-order valence-corrected chi connectivity index (χ3v) is 6.25. The van der Waals surface area contributed by atoms with Crippen LogP contribution >= 0.6 is 11.6 Å². The van der Waals surface area contributed by atoms with Gasteiger partial charge in [0.25, 0.3) is 5.56 Å². The molecule has 0 N–H and O–H groups in total. The fraction of sp³-hybridized carbons (Fsp3) is 0.261. The molecular formula is C23H16ClFN6O3. The van der Waals surface area contributed by atoms with Gasteiger partial charge < -0.3 is 9.64 Å². The summed E-state index contributed by atoms with van der Waals surface area (Å²) in [4.78, 5) is 33.3. The maximum Gasteiger partial charge on any atom is 0.338 e. The number of fused-ring (bicyclic) bond motifs is 2. The van der Waals surface area contributed by atoms with Crippen LogP contribution in [0.4, 0.5) is 10.2 Å². The molecule has 11 heteroatoms. The second-order valence-electron chi connectivity index (χ2n) is 8.03. The number of benzene rings is 1. The molecule has 0 amide bonds. The first kappa shape index (κ1) is 21.8. The van der Waals surface area contributed by atoms with Gasteiger partial charge in [-0.15, -0.1) is 0 Å². The van der Waals surface area contributed by atoms with Crippen molar-refractivity contribution >= 4 is 17.4 Å². The van der Waals surface area contributed by atoms with E-state index in [1.165, 1.54) is 35.2 Å². The largest absolute Gasteiger partial charge is 0.374 e. The van der Waals surface area contributed by atoms with Crippen LogP contribution in [0.15, 0.2) is 46.2 Å². The van der Waals surface area contributed by atoms with Crippen LogP contribution in [0.1, 0.15) is 12.0 Å². The predicted octanol–water partition coefficient (Wildman–Crippen LogP) is 2.23. The summed E-state index contributed by atoms with van der Waals surface area (Å²) in [6, 6.07) is 8.83. The quantitative estimate of drug-likeness (QED) is 0.564. The van der Waals surface area contributed by atoms with E-state index in [1.54, 1.807) is 6.07 Å². The average molecular weight is 479 g/mol. The standard InChI is InChI=1S/C23H16ClFN6O3/c24-15-6-16(10-28-9-15)31-22(32)20(13-1-2-19(25)14(5-13)8-27)21(29(4-3-26)23(31)33)30-11-18-7-17(30)12-34-18/h1-2,5-6,9-10,17-18H,4,7,11-12H2/t17-,18-/m0/s1. The Hall–Kier alpha value is -3.99. The lowest BCUT2D eigenvalue weighted by atomic mass is 10.0. The molecule has 0 saturated carbocycles. The first-order valence-corrected chi connectivity index (χ1v) is 10.8. The van der Waals surface area contributed by atoms with E-state index in [4.69, 9.17) is 16.3 Å². The van der Waals surface area contributed by atoms with E-state index >= 15 is 0 Å². The van der Waals surface area contributed by atoms with Gasteiger partial charge in [0, 0.05) is 12.7 Å². The second kappa shape index (κ2) is 8.41. The van der Waals surface area contributed by atoms with E-state index in [0.29, 0.717) is 19.6 Å². The molecule has 0 radical (unpaired) electrons. The van der Waals surface area contributed by atoms with E-state index < -0.39 is 17.1 Å². The van der Waals surface area contributed by atoms with Gasteiger partial charge in [-0.05, 0) is 30.2 Å². The van der Waals surface area contributed by atoms with Crippen molar-refractivity contribution in [3.63, 3.8) is 0 Å². The Morgan fingerprint density at radius 3 is 2.71 bits per heavy atom. The predicted molar refractivity (Wildman–Crippen MR) is 120 cm³/mol. The third-order valence-electron chi connectivity index (χ3n) is 6.04. The van der Waals surface area contributed by atoms with Gasteiger partial charge in [0.1, 0.15) is 24.2 Å². The highest BCUT2D eigenvalue weighted by Gasteiger charge is 2.42. The monoisotopic (exact) mass is 478 g/mol. The SMILES string of the molecule is N#CCn1c(N2C[C@@H]3C[C@H]2CO3)c(-c2ccc(F)c(C#N)c2)c(=O)n(-c2cncc(Cl)c2)c1=O. The number of anilines is 1. The molecule has 1 aromatic carbocycles. The summed E-state index contributed by atoms with van der Waals surface area (Å²) < 4.78 is 21.9. The van der Waals surface area contributed by atoms with Crippen LogP contribution in [0, 0.1) is 28.5 Å².